The molecule has 0 unspecified atom stereocenters. The van der Waals surface area contributed by atoms with E-state index in [9.17, 15) is 0 Å². The lowest BCUT2D eigenvalue weighted by molar-refractivity contribution is 0.405. The van der Waals surface area contributed by atoms with E-state index in [1.807, 2.05) is 0 Å². The number of nitrogens with zero attached hydrogens (tertiary/aromatic N) is 1. The van der Waals surface area contributed by atoms with Crippen LogP contribution in [0.1, 0.15) is 17.5 Å². The molecule has 1 heterocycles. The summed E-state index contributed by atoms with van der Waals surface area (Å²) in [7, 11) is 4.23. The average Bonchev–Trinajstić information content (AvgIpc) is 2.70. The highest BCUT2D eigenvalue weighted by Gasteiger charge is 2.12. The highest BCUT2D eigenvalue weighted by Crippen LogP contribution is 2.31. The molecule has 0 atom stereocenters. The molecule has 0 spiro atoms. The summed E-state index contributed by atoms with van der Waals surface area (Å²) in [4.78, 5) is 2.22. The second-order valence-electron chi connectivity index (χ2n) is 6.24. The summed E-state index contributed by atoms with van der Waals surface area (Å²) in [5, 5.41) is 7.13. The largest absolute Gasteiger partial charge is 0.385 e. The van der Waals surface area contributed by atoms with Gasteiger partial charge in [0.2, 0.25) is 0 Å². The minimum atomic E-state index is 1.01. The molecule has 1 aliphatic rings. The summed E-state index contributed by atoms with van der Waals surface area (Å²) in [6.07, 6.45) is 3.35. The normalized spacial score (nSPS) is 13.0. The van der Waals surface area contributed by atoms with E-state index >= 15 is 0 Å². The number of fused-ring (bicyclic) bond motifs is 2. The van der Waals surface area contributed by atoms with Crippen molar-refractivity contribution in [3.63, 3.8) is 0 Å². The Morgan fingerprint density at radius 2 is 1.77 bits per heavy atom. The zero-order chi connectivity index (χ0) is 15.4. The number of hydrogen-bond acceptors (Lipinski definition) is 3. The molecule has 22 heavy (non-hydrogen) atoms. The molecule has 0 amide bonds. The molecule has 3 heteroatoms. The van der Waals surface area contributed by atoms with Crippen molar-refractivity contribution < 1.29 is 0 Å². The van der Waals surface area contributed by atoms with E-state index in [1.54, 1.807) is 0 Å². The van der Waals surface area contributed by atoms with Crippen molar-refractivity contribution in [2.45, 2.75) is 19.3 Å². The number of anilines is 3. The Labute approximate surface area is 133 Å². The predicted molar refractivity (Wildman–Crippen MR) is 95.2 cm³/mol. The Morgan fingerprint density at radius 1 is 1.00 bits per heavy atom. The molecule has 0 aromatic heterocycles. The summed E-state index contributed by atoms with van der Waals surface area (Å²) in [6, 6.07) is 15.3. The molecule has 1 aliphatic heterocycles. The van der Waals surface area contributed by atoms with Crippen molar-refractivity contribution in [3.05, 3.63) is 53.6 Å². The molecule has 116 valence electrons. The molecule has 0 bridgehead atoms. The highest BCUT2D eigenvalue weighted by molar-refractivity contribution is 5.71. The van der Waals surface area contributed by atoms with Crippen molar-refractivity contribution >= 4 is 17.1 Å². The third-order valence-corrected chi connectivity index (χ3v) is 4.17. The minimum Gasteiger partial charge on any atom is -0.385 e. The van der Waals surface area contributed by atoms with Crippen LogP contribution >= 0.6 is 0 Å². The summed E-state index contributed by atoms with van der Waals surface area (Å²) >= 11 is 0. The van der Waals surface area contributed by atoms with E-state index in [0.29, 0.717) is 0 Å². The van der Waals surface area contributed by atoms with Gasteiger partial charge in [-0.15, -0.1) is 0 Å². The van der Waals surface area contributed by atoms with Crippen LogP contribution in [0.4, 0.5) is 17.1 Å². The van der Waals surface area contributed by atoms with Crippen LogP contribution in [0.2, 0.25) is 0 Å². The van der Waals surface area contributed by atoms with Gasteiger partial charge in [-0.05, 0) is 69.2 Å². The van der Waals surface area contributed by atoms with Gasteiger partial charge in [0.1, 0.15) is 0 Å². The lowest BCUT2D eigenvalue weighted by Crippen LogP contribution is -2.16. The van der Waals surface area contributed by atoms with Gasteiger partial charge in [0.25, 0.3) is 0 Å². The first-order valence-corrected chi connectivity index (χ1v) is 8.09. The van der Waals surface area contributed by atoms with Crippen molar-refractivity contribution in [1.82, 2.24) is 4.90 Å². The fourth-order valence-electron chi connectivity index (χ4n) is 2.92. The van der Waals surface area contributed by atoms with Gasteiger partial charge >= 0.3 is 0 Å². The van der Waals surface area contributed by atoms with E-state index in [-0.39, 0.29) is 0 Å². The topological polar surface area (TPSA) is 27.3 Å². The standard InChI is InChI=1S/C19H25N3/c1-22(2)13-5-12-20-17-11-10-16-9-8-15-6-3-4-7-18(15)21-19(16)14-17/h3-4,6-7,10-11,14,20-21H,5,8-9,12-13H2,1-2H3. The molecule has 3 rings (SSSR count). The Bertz CT molecular complexity index is 634. The van der Waals surface area contributed by atoms with E-state index in [2.05, 4.69) is 72.1 Å². The molecule has 2 N–H and O–H groups in total. The maximum Gasteiger partial charge on any atom is 0.0437 e. The molecule has 0 fully saturated rings. The van der Waals surface area contributed by atoms with E-state index in [0.717, 1.165) is 32.4 Å². The number of aryl methyl sites for hydroxylation is 2. The van der Waals surface area contributed by atoms with Crippen LogP contribution < -0.4 is 10.6 Å². The highest BCUT2D eigenvalue weighted by atomic mass is 15.1. The van der Waals surface area contributed by atoms with Crippen molar-refractivity contribution in [3.8, 4) is 0 Å². The van der Waals surface area contributed by atoms with E-state index in [4.69, 9.17) is 0 Å². The maximum atomic E-state index is 3.60. The first kappa shape index (κ1) is 14.9. The van der Waals surface area contributed by atoms with Gasteiger partial charge in [-0.1, -0.05) is 24.3 Å². The molecule has 3 nitrogen and oxygen atoms in total. The van der Waals surface area contributed by atoms with Gasteiger partial charge in [0.05, 0.1) is 0 Å². The van der Waals surface area contributed by atoms with Gasteiger partial charge in [0.15, 0.2) is 0 Å². The second-order valence-corrected chi connectivity index (χ2v) is 6.24. The first-order chi connectivity index (χ1) is 10.7. The molecular weight excluding hydrogens is 270 g/mol. The monoisotopic (exact) mass is 295 g/mol. The summed E-state index contributed by atoms with van der Waals surface area (Å²) in [5.41, 5.74) is 6.48. The van der Waals surface area contributed by atoms with E-state index < -0.39 is 0 Å². The molecule has 0 aliphatic carbocycles. The third-order valence-electron chi connectivity index (χ3n) is 4.17. The van der Waals surface area contributed by atoms with Crippen molar-refractivity contribution in [2.24, 2.45) is 0 Å². The Kier molecular flexibility index (Phi) is 4.64. The third kappa shape index (κ3) is 3.60. The smallest absolute Gasteiger partial charge is 0.0437 e. The van der Waals surface area contributed by atoms with Gasteiger partial charge < -0.3 is 15.5 Å². The first-order valence-electron chi connectivity index (χ1n) is 8.09. The Balaban J connectivity index is 1.70. The maximum absolute atomic E-state index is 3.60. The van der Waals surface area contributed by atoms with Crippen LogP contribution in [0.15, 0.2) is 42.5 Å². The van der Waals surface area contributed by atoms with Crippen LogP contribution in [0.25, 0.3) is 0 Å². The predicted octanol–water partition coefficient (Wildman–Crippen LogP) is 3.89. The van der Waals surface area contributed by atoms with Gasteiger partial charge in [0, 0.05) is 23.6 Å². The van der Waals surface area contributed by atoms with Gasteiger partial charge in [-0.2, -0.15) is 0 Å². The number of nitrogens with one attached hydrogen (secondary N) is 2. The van der Waals surface area contributed by atoms with Crippen LogP contribution in [0, 0.1) is 0 Å². The van der Waals surface area contributed by atoms with Gasteiger partial charge in [-0.3, -0.25) is 0 Å². The van der Waals surface area contributed by atoms with Crippen molar-refractivity contribution in [1.29, 1.82) is 0 Å². The number of rotatable bonds is 5. The van der Waals surface area contributed by atoms with Crippen molar-refractivity contribution in [2.75, 3.05) is 37.8 Å². The Hall–Kier alpha value is -2.00. The molecule has 2 aromatic rings. The lowest BCUT2D eigenvalue weighted by atomic mass is 10.0. The SMILES string of the molecule is CN(C)CCCNc1ccc2c(c1)Nc1ccccc1CC2. The number of hydrogen-bond donors (Lipinski definition) is 2. The fourth-order valence-corrected chi connectivity index (χ4v) is 2.92. The minimum absolute atomic E-state index is 1.01. The average molecular weight is 295 g/mol. The summed E-state index contributed by atoms with van der Waals surface area (Å²) in [6.45, 7) is 2.12. The fraction of sp³-hybridized carbons (Fsp3) is 0.368. The van der Waals surface area contributed by atoms with Crippen LogP contribution in [0.3, 0.4) is 0 Å². The molecule has 2 aromatic carbocycles. The molecule has 0 saturated carbocycles. The number of benzene rings is 2. The van der Waals surface area contributed by atoms with Crippen LogP contribution in [-0.4, -0.2) is 32.1 Å². The number of para-hydroxylation sites is 1. The quantitative estimate of drug-likeness (QED) is 0.819. The second kappa shape index (κ2) is 6.84. The Morgan fingerprint density at radius 3 is 2.59 bits per heavy atom. The van der Waals surface area contributed by atoms with Crippen LogP contribution in [0.5, 0.6) is 0 Å². The van der Waals surface area contributed by atoms with Crippen LogP contribution in [-0.2, 0) is 12.8 Å². The van der Waals surface area contributed by atoms with Gasteiger partial charge in [-0.25, -0.2) is 0 Å². The van der Waals surface area contributed by atoms with E-state index in [1.165, 1.54) is 28.2 Å². The molecule has 0 radical (unpaired) electrons. The molecule has 0 saturated heterocycles. The lowest BCUT2D eigenvalue weighted by Gasteiger charge is -2.14. The summed E-state index contributed by atoms with van der Waals surface area (Å²) in [5.74, 6) is 0. The zero-order valence-corrected chi connectivity index (χ0v) is 13.5. The molecular formula is C19H25N3. The summed E-state index contributed by atoms with van der Waals surface area (Å²) < 4.78 is 0. The zero-order valence-electron chi connectivity index (χ0n) is 13.5.